The lowest BCUT2D eigenvalue weighted by Gasteiger charge is -2.34. The number of hydrogen-bond donors (Lipinski definition) is 0. The summed E-state index contributed by atoms with van der Waals surface area (Å²) in [5.41, 5.74) is 1.55. The lowest BCUT2D eigenvalue weighted by atomic mass is 10.1. The van der Waals surface area contributed by atoms with Gasteiger partial charge in [-0.25, -0.2) is 0 Å². The average molecular weight is 248 g/mol. The molecule has 1 unspecified atom stereocenters. The molecule has 1 aliphatic heterocycles. The maximum Gasteiger partial charge on any atom is 0.194 e. The molecule has 4 heteroatoms. The van der Waals surface area contributed by atoms with Gasteiger partial charge >= 0.3 is 0 Å². The summed E-state index contributed by atoms with van der Waals surface area (Å²) in [4.78, 5) is 18.7. The van der Waals surface area contributed by atoms with E-state index in [-0.39, 0.29) is 11.9 Å². The SMILES string of the molecule is Cc1ccc(C(=O)C2CN(C(C)C)CCO2)cn1. The van der Waals surface area contributed by atoms with Crippen LogP contribution in [0.4, 0.5) is 0 Å². The number of pyridine rings is 1. The predicted molar refractivity (Wildman–Crippen MR) is 69.8 cm³/mol. The summed E-state index contributed by atoms with van der Waals surface area (Å²) in [7, 11) is 0. The van der Waals surface area contributed by atoms with Crippen LogP contribution < -0.4 is 0 Å². The van der Waals surface area contributed by atoms with E-state index in [0.29, 0.717) is 24.8 Å². The Labute approximate surface area is 108 Å². The van der Waals surface area contributed by atoms with Gasteiger partial charge in [0.1, 0.15) is 6.10 Å². The summed E-state index contributed by atoms with van der Waals surface area (Å²) in [6.45, 7) is 8.37. The zero-order valence-corrected chi connectivity index (χ0v) is 11.2. The summed E-state index contributed by atoms with van der Waals surface area (Å²) in [6, 6.07) is 4.12. The molecule has 2 rings (SSSR count). The van der Waals surface area contributed by atoms with E-state index in [4.69, 9.17) is 4.74 Å². The Bertz CT molecular complexity index is 414. The third-order valence-corrected chi connectivity index (χ3v) is 3.32. The van der Waals surface area contributed by atoms with Crippen LogP contribution in [-0.4, -0.2) is 47.5 Å². The Morgan fingerprint density at radius 3 is 2.89 bits per heavy atom. The summed E-state index contributed by atoms with van der Waals surface area (Å²) < 4.78 is 5.59. The maximum atomic E-state index is 12.3. The molecule has 0 N–H and O–H groups in total. The van der Waals surface area contributed by atoms with Gasteiger partial charge in [0, 0.05) is 36.6 Å². The summed E-state index contributed by atoms with van der Waals surface area (Å²) in [5, 5.41) is 0. The molecule has 0 spiro atoms. The fourth-order valence-electron chi connectivity index (χ4n) is 2.10. The zero-order valence-electron chi connectivity index (χ0n) is 11.2. The molecule has 4 nitrogen and oxygen atoms in total. The molecule has 0 amide bonds. The Morgan fingerprint density at radius 2 is 2.28 bits per heavy atom. The van der Waals surface area contributed by atoms with Gasteiger partial charge in [-0.1, -0.05) is 0 Å². The first kappa shape index (κ1) is 13.2. The maximum absolute atomic E-state index is 12.3. The van der Waals surface area contributed by atoms with E-state index in [0.717, 1.165) is 12.2 Å². The lowest BCUT2D eigenvalue weighted by molar-refractivity contribution is -0.0256. The number of rotatable bonds is 3. The number of hydrogen-bond acceptors (Lipinski definition) is 4. The van der Waals surface area contributed by atoms with Crippen LogP contribution in [0, 0.1) is 6.92 Å². The largest absolute Gasteiger partial charge is 0.367 e. The van der Waals surface area contributed by atoms with Crippen molar-refractivity contribution in [1.29, 1.82) is 0 Å². The van der Waals surface area contributed by atoms with Gasteiger partial charge in [-0.15, -0.1) is 0 Å². The predicted octanol–water partition coefficient (Wildman–Crippen LogP) is 1.68. The topological polar surface area (TPSA) is 42.4 Å². The minimum atomic E-state index is -0.356. The van der Waals surface area contributed by atoms with Gasteiger partial charge in [-0.2, -0.15) is 0 Å². The van der Waals surface area contributed by atoms with Crippen molar-refractivity contribution in [2.24, 2.45) is 0 Å². The molecular formula is C14H20N2O2. The van der Waals surface area contributed by atoms with Crippen molar-refractivity contribution in [2.45, 2.75) is 32.9 Å². The number of ketones is 1. The van der Waals surface area contributed by atoms with Gasteiger partial charge in [-0.05, 0) is 32.9 Å². The van der Waals surface area contributed by atoms with Gasteiger partial charge in [0.05, 0.1) is 6.61 Å². The van der Waals surface area contributed by atoms with Crippen LogP contribution in [0.3, 0.4) is 0 Å². The highest BCUT2D eigenvalue weighted by Crippen LogP contribution is 2.13. The summed E-state index contributed by atoms with van der Waals surface area (Å²) >= 11 is 0. The fraction of sp³-hybridized carbons (Fsp3) is 0.571. The molecule has 0 saturated carbocycles. The van der Waals surface area contributed by atoms with Crippen LogP contribution in [0.5, 0.6) is 0 Å². The van der Waals surface area contributed by atoms with E-state index in [9.17, 15) is 4.79 Å². The van der Waals surface area contributed by atoms with Crippen molar-refractivity contribution < 1.29 is 9.53 Å². The van der Waals surface area contributed by atoms with Crippen LogP contribution in [-0.2, 0) is 4.74 Å². The molecule has 0 radical (unpaired) electrons. The molecule has 1 atom stereocenters. The van der Waals surface area contributed by atoms with E-state index in [1.807, 2.05) is 19.1 Å². The second kappa shape index (κ2) is 5.59. The average Bonchev–Trinajstić information content (AvgIpc) is 2.39. The standard InChI is InChI=1S/C14H20N2O2/c1-10(2)16-6-7-18-13(9-16)14(17)12-5-4-11(3)15-8-12/h4-5,8,10,13H,6-7,9H2,1-3H3. The molecule has 0 bridgehead atoms. The third kappa shape index (κ3) is 2.94. The highest BCUT2D eigenvalue weighted by molar-refractivity contribution is 5.99. The molecule has 1 fully saturated rings. The number of morpholine rings is 1. The van der Waals surface area contributed by atoms with Gasteiger partial charge < -0.3 is 4.74 Å². The molecule has 0 aliphatic carbocycles. The molecule has 1 aliphatic rings. The summed E-state index contributed by atoms with van der Waals surface area (Å²) in [5.74, 6) is 0.0350. The Hall–Kier alpha value is -1.26. The van der Waals surface area contributed by atoms with E-state index in [2.05, 4.69) is 23.7 Å². The van der Waals surface area contributed by atoms with Gasteiger partial charge in [-0.3, -0.25) is 14.7 Å². The van der Waals surface area contributed by atoms with E-state index >= 15 is 0 Å². The fourth-order valence-corrected chi connectivity index (χ4v) is 2.10. The lowest BCUT2D eigenvalue weighted by Crippen LogP contribution is -2.48. The number of ether oxygens (including phenoxy) is 1. The number of aryl methyl sites for hydroxylation is 1. The third-order valence-electron chi connectivity index (χ3n) is 3.32. The highest BCUT2D eigenvalue weighted by atomic mass is 16.5. The van der Waals surface area contributed by atoms with Crippen LogP contribution in [0.1, 0.15) is 29.9 Å². The smallest absolute Gasteiger partial charge is 0.194 e. The van der Waals surface area contributed by atoms with Gasteiger partial charge in [0.25, 0.3) is 0 Å². The van der Waals surface area contributed by atoms with Crippen molar-refractivity contribution in [3.05, 3.63) is 29.6 Å². The minimum Gasteiger partial charge on any atom is -0.367 e. The van der Waals surface area contributed by atoms with E-state index in [1.165, 1.54) is 0 Å². The van der Waals surface area contributed by atoms with Gasteiger partial charge in [0.15, 0.2) is 5.78 Å². The second-order valence-corrected chi connectivity index (χ2v) is 5.00. The van der Waals surface area contributed by atoms with Crippen molar-refractivity contribution in [3.8, 4) is 0 Å². The molecule has 18 heavy (non-hydrogen) atoms. The zero-order chi connectivity index (χ0) is 13.1. The van der Waals surface area contributed by atoms with Crippen molar-refractivity contribution in [1.82, 2.24) is 9.88 Å². The molecule has 98 valence electrons. The second-order valence-electron chi connectivity index (χ2n) is 5.00. The van der Waals surface area contributed by atoms with Gasteiger partial charge in [0.2, 0.25) is 0 Å². The van der Waals surface area contributed by atoms with Crippen LogP contribution in [0.2, 0.25) is 0 Å². The van der Waals surface area contributed by atoms with E-state index in [1.54, 1.807) is 6.20 Å². The number of nitrogens with zero attached hydrogens (tertiary/aromatic N) is 2. The Morgan fingerprint density at radius 1 is 1.50 bits per heavy atom. The van der Waals surface area contributed by atoms with Crippen LogP contribution in [0.25, 0.3) is 0 Å². The monoisotopic (exact) mass is 248 g/mol. The first-order valence-electron chi connectivity index (χ1n) is 6.40. The molecule has 2 heterocycles. The van der Waals surface area contributed by atoms with Crippen LogP contribution in [0.15, 0.2) is 18.3 Å². The molecule has 1 aromatic rings. The Balaban J connectivity index is 2.06. The van der Waals surface area contributed by atoms with Crippen molar-refractivity contribution in [3.63, 3.8) is 0 Å². The number of carbonyl (C=O) groups is 1. The first-order valence-corrected chi connectivity index (χ1v) is 6.40. The molecule has 0 aromatic carbocycles. The normalized spacial score (nSPS) is 21.2. The minimum absolute atomic E-state index is 0.0350. The molecular weight excluding hydrogens is 228 g/mol. The number of Topliss-reactive ketones (excluding diaryl/α,β-unsaturated/α-hetero) is 1. The quantitative estimate of drug-likeness (QED) is 0.763. The number of aromatic nitrogens is 1. The Kier molecular flexibility index (Phi) is 4.09. The van der Waals surface area contributed by atoms with Crippen molar-refractivity contribution >= 4 is 5.78 Å². The first-order chi connectivity index (χ1) is 8.58. The molecule has 1 aromatic heterocycles. The molecule has 1 saturated heterocycles. The summed E-state index contributed by atoms with van der Waals surface area (Å²) in [6.07, 6.45) is 1.28. The highest BCUT2D eigenvalue weighted by Gasteiger charge is 2.28. The number of carbonyl (C=O) groups excluding carboxylic acids is 1. The van der Waals surface area contributed by atoms with Crippen molar-refractivity contribution in [2.75, 3.05) is 19.7 Å². The van der Waals surface area contributed by atoms with Crippen LogP contribution >= 0.6 is 0 Å². The van der Waals surface area contributed by atoms with E-state index < -0.39 is 0 Å².